The third-order valence-corrected chi connectivity index (χ3v) is 5.82. The van der Waals surface area contributed by atoms with Crippen LogP contribution in [0.15, 0.2) is 59.4 Å². The van der Waals surface area contributed by atoms with Crippen LogP contribution in [0.25, 0.3) is 0 Å². The molecule has 3 aromatic rings. The van der Waals surface area contributed by atoms with Crippen LogP contribution < -0.4 is 15.6 Å². The van der Waals surface area contributed by atoms with E-state index in [1.165, 1.54) is 5.01 Å². The molecule has 162 valence electrons. The minimum atomic E-state index is -4.57. The van der Waals surface area contributed by atoms with Gasteiger partial charge in [0, 0.05) is 28.7 Å². The zero-order valence-corrected chi connectivity index (χ0v) is 18.3. The number of hydrogen-bond donors (Lipinski definition) is 0. The fraction of sp³-hybridized carbons (Fsp3) is 0.190. The minimum Gasteiger partial charge on any atom is -0.284 e. The molecule has 1 aliphatic heterocycles. The first-order chi connectivity index (χ1) is 14.6. The highest BCUT2D eigenvalue weighted by Gasteiger charge is 2.41. The zero-order valence-electron chi connectivity index (χ0n) is 16.0. The van der Waals surface area contributed by atoms with Gasteiger partial charge in [-0.05, 0) is 42.0 Å². The molecule has 0 bridgehead atoms. The van der Waals surface area contributed by atoms with Crippen molar-refractivity contribution < 1.29 is 13.2 Å². The van der Waals surface area contributed by atoms with Gasteiger partial charge in [0.1, 0.15) is 18.4 Å². The number of halogens is 6. The molecule has 0 saturated heterocycles. The van der Waals surface area contributed by atoms with Crippen molar-refractivity contribution in [2.75, 3.05) is 17.1 Å². The van der Waals surface area contributed by atoms with Gasteiger partial charge in [-0.15, -0.1) is 0 Å². The molecule has 1 aliphatic rings. The Labute approximate surface area is 190 Å². The molecule has 1 aromatic heterocycles. The molecule has 0 aliphatic carbocycles. The highest BCUT2D eigenvalue weighted by molar-refractivity contribution is 6.36. The molecular formula is C21H15Cl3F3N3O. The van der Waals surface area contributed by atoms with Gasteiger partial charge in [0.05, 0.1) is 10.7 Å². The Morgan fingerprint density at radius 2 is 1.58 bits per heavy atom. The first-order valence-electron chi connectivity index (χ1n) is 9.11. The average Bonchev–Trinajstić information content (AvgIpc) is 2.97. The molecule has 31 heavy (non-hydrogen) atoms. The van der Waals surface area contributed by atoms with E-state index in [2.05, 4.69) is 0 Å². The molecule has 0 N–H and O–H groups in total. The van der Waals surface area contributed by atoms with E-state index in [0.717, 1.165) is 16.2 Å². The van der Waals surface area contributed by atoms with Gasteiger partial charge in [0.2, 0.25) is 0 Å². The lowest BCUT2D eigenvalue weighted by molar-refractivity contribution is -0.140. The van der Waals surface area contributed by atoms with Crippen molar-refractivity contribution in [1.82, 2.24) is 4.57 Å². The number of anilines is 2. The first-order valence-corrected chi connectivity index (χ1v) is 10.2. The van der Waals surface area contributed by atoms with Gasteiger partial charge in [-0.25, -0.2) is 0 Å². The Morgan fingerprint density at radius 1 is 0.935 bits per heavy atom. The van der Waals surface area contributed by atoms with Crippen LogP contribution >= 0.6 is 34.8 Å². The van der Waals surface area contributed by atoms with Crippen LogP contribution in [0, 0.1) is 0 Å². The summed E-state index contributed by atoms with van der Waals surface area (Å²) in [6.45, 7) is -1.41. The summed E-state index contributed by atoms with van der Waals surface area (Å²) in [5.74, 6) is 0.135. The summed E-state index contributed by atoms with van der Waals surface area (Å²) in [6, 6.07) is 14.0. The lowest BCUT2D eigenvalue weighted by Gasteiger charge is -2.34. The molecule has 0 amide bonds. The molecule has 0 saturated carbocycles. The summed E-state index contributed by atoms with van der Waals surface area (Å²) in [6.07, 6.45) is -4.57. The largest absolute Gasteiger partial charge is 0.406 e. The van der Waals surface area contributed by atoms with Gasteiger partial charge in [0.25, 0.3) is 5.56 Å². The summed E-state index contributed by atoms with van der Waals surface area (Å²) in [5.41, 5.74) is 1.07. The van der Waals surface area contributed by atoms with E-state index in [1.807, 2.05) is 0 Å². The van der Waals surface area contributed by atoms with Crippen LogP contribution in [0.5, 0.6) is 0 Å². The molecule has 0 radical (unpaired) electrons. The summed E-state index contributed by atoms with van der Waals surface area (Å²) in [7, 11) is 1.59. The molecule has 0 fully saturated rings. The van der Waals surface area contributed by atoms with Crippen LogP contribution in [0.4, 0.5) is 24.7 Å². The van der Waals surface area contributed by atoms with Crippen molar-refractivity contribution in [2.45, 2.75) is 18.8 Å². The summed E-state index contributed by atoms with van der Waals surface area (Å²) in [5, 5.41) is 4.50. The first kappa shape index (κ1) is 21.9. The van der Waals surface area contributed by atoms with Crippen molar-refractivity contribution in [3.05, 3.63) is 91.1 Å². The van der Waals surface area contributed by atoms with Gasteiger partial charge >= 0.3 is 6.18 Å². The lowest BCUT2D eigenvalue weighted by Crippen LogP contribution is -2.40. The number of nitrogens with zero attached hydrogens (tertiary/aromatic N) is 3. The van der Waals surface area contributed by atoms with Crippen molar-refractivity contribution in [1.29, 1.82) is 0 Å². The monoisotopic (exact) mass is 487 g/mol. The molecule has 2 aromatic carbocycles. The highest BCUT2D eigenvalue weighted by Crippen LogP contribution is 2.47. The SMILES string of the molecule is CN1c2c(ccc(=O)n2CC(F)(F)F)C(c2ccc(Cl)cc2)N1c1ccc(Cl)cc1Cl. The highest BCUT2D eigenvalue weighted by atomic mass is 35.5. The second-order valence-corrected chi connectivity index (χ2v) is 8.35. The van der Waals surface area contributed by atoms with Crippen LogP contribution in [0.2, 0.25) is 15.1 Å². The van der Waals surface area contributed by atoms with E-state index in [0.29, 0.717) is 26.3 Å². The number of benzene rings is 2. The van der Waals surface area contributed by atoms with Gasteiger partial charge in [-0.3, -0.25) is 19.4 Å². The predicted molar refractivity (Wildman–Crippen MR) is 117 cm³/mol. The standard InChI is InChI=1S/C21H15Cl3F3N3O/c1-28-20-15(7-9-18(31)29(20)11-21(25,26)27)19(12-2-4-13(22)5-3-12)30(28)17-8-6-14(23)10-16(17)24/h2-10,19H,11H2,1H3. The van der Waals surface area contributed by atoms with E-state index < -0.39 is 24.3 Å². The normalized spacial score (nSPS) is 16.0. The van der Waals surface area contributed by atoms with Gasteiger partial charge in [-0.2, -0.15) is 13.2 Å². The van der Waals surface area contributed by atoms with Crippen LogP contribution in [-0.2, 0) is 6.54 Å². The topological polar surface area (TPSA) is 28.5 Å². The van der Waals surface area contributed by atoms with Crippen molar-refractivity contribution in [3.63, 3.8) is 0 Å². The second-order valence-electron chi connectivity index (χ2n) is 7.07. The molecule has 1 atom stereocenters. The van der Waals surface area contributed by atoms with Crippen molar-refractivity contribution in [2.24, 2.45) is 0 Å². The minimum absolute atomic E-state index is 0.135. The number of rotatable bonds is 3. The van der Waals surface area contributed by atoms with Crippen LogP contribution in [0.1, 0.15) is 17.2 Å². The van der Waals surface area contributed by atoms with E-state index in [1.54, 1.807) is 60.6 Å². The summed E-state index contributed by atoms with van der Waals surface area (Å²) < 4.78 is 40.5. The Morgan fingerprint density at radius 3 is 2.19 bits per heavy atom. The van der Waals surface area contributed by atoms with Crippen LogP contribution in [-0.4, -0.2) is 17.8 Å². The average molecular weight is 489 g/mol. The van der Waals surface area contributed by atoms with Gasteiger partial charge in [-0.1, -0.05) is 46.9 Å². The molecule has 1 unspecified atom stereocenters. The summed E-state index contributed by atoms with van der Waals surface area (Å²) >= 11 is 18.5. The molecule has 4 nitrogen and oxygen atoms in total. The molecule has 0 spiro atoms. The van der Waals surface area contributed by atoms with Gasteiger partial charge < -0.3 is 0 Å². The maximum absolute atomic E-state index is 13.3. The number of alkyl halides is 3. The number of aromatic nitrogens is 1. The Bertz CT molecular complexity index is 1200. The van der Waals surface area contributed by atoms with E-state index in [9.17, 15) is 18.0 Å². The Kier molecular flexibility index (Phi) is 5.62. The quantitative estimate of drug-likeness (QED) is 0.431. The van der Waals surface area contributed by atoms with Crippen LogP contribution in [0.3, 0.4) is 0 Å². The van der Waals surface area contributed by atoms with E-state index in [-0.39, 0.29) is 5.82 Å². The smallest absolute Gasteiger partial charge is 0.284 e. The number of pyridine rings is 1. The Hall–Kier alpha value is -2.35. The fourth-order valence-electron chi connectivity index (χ4n) is 3.83. The molecule has 2 heterocycles. The maximum atomic E-state index is 13.3. The third kappa shape index (κ3) is 4.10. The van der Waals surface area contributed by atoms with E-state index in [4.69, 9.17) is 34.8 Å². The predicted octanol–water partition coefficient (Wildman–Crippen LogP) is 6.33. The molecular weight excluding hydrogens is 474 g/mol. The van der Waals surface area contributed by atoms with E-state index >= 15 is 0 Å². The maximum Gasteiger partial charge on any atom is 0.406 e. The lowest BCUT2D eigenvalue weighted by atomic mass is 9.99. The number of fused-ring (bicyclic) bond motifs is 1. The summed E-state index contributed by atoms with van der Waals surface area (Å²) in [4.78, 5) is 12.4. The van der Waals surface area contributed by atoms with Crippen molar-refractivity contribution >= 4 is 46.3 Å². The molecule has 4 rings (SSSR count). The zero-order chi connectivity index (χ0) is 22.5. The number of hydrazine groups is 1. The fourth-order valence-corrected chi connectivity index (χ4v) is 4.45. The molecule has 10 heteroatoms. The third-order valence-electron chi connectivity index (χ3n) is 5.03. The number of hydrogen-bond acceptors (Lipinski definition) is 3. The van der Waals surface area contributed by atoms with Gasteiger partial charge in [0.15, 0.2) is 0 Å². The van der Waals surface area contributed by atoms with Crippen molar-refractivity contribution in [3.8, 4) is 0 Å². The second kappa shape index (κ2) is 7.97. The Balaban J connectivity index is 1.97.